The van der Waals surface area contributed by atoms with Crippen molar-refractivity contribution in [2.24, 2.45) is 5.92 Å². The minimum absolute atomic E-state index is 0.189. The summed E-state index contributed by atoms with van der Waals surface area (Å²) in [4.78, 5) is 11.0. The number of hydrogen-bond acceptors (Lipinski definition) is 1. The largest absolute Gasteiger partial charge is 0.300 e. The molecule has 15 heavy (non-hydrogen) atoms. The van der Waals surface area contributed by atoms with Gasteiger partial charge >= 0.3 is 0 Å². The molecule has 0 saturated heterocycles. The minimum atomic E-state index is -0.808. The predicted molar refractivity (Wildman–Crippen MR) is 52.4 cm³/mol. The van der Waals surface area contributed by atoms with E-state index < -0.39 is 11.6 Å². The molecule has 1 aromatic carbocycles. The molecule has 0 radical (unpaired) electrons. The van der Waals surface area contributed by atoms with Gasteiger partial charge in [-0.1, -0.05) is 12.1 Å². The van der Waals surface area contributed by atoms with Crippen LogP contribution in [-0.4, -0.2) is 5.78 Å². The summed E-state index contributed by atoms with van der Waals surface area (Å²) < 4.78 is 26.2. The number of benzene rings is 1. The molecular weight excluding hydrogens is 198 g/mol. The molecule has 1 unspecified atom stereocenters. The second kappa shape index (κ2) is 4.09. The fourth-order valence-electron chi connectivity index (χ4n) is 2.08. The van der Waals surface area contributed by atoms with Crippen LogP contribution >= 0.6 is 0 Å². The second-order valence-corrected chi connectivity index (χ2v) is 4.06. The van der Waals surface area contributed by atoms with E-state index in [0.717, 1.165) is 12.5 Å². The quantitative estimate of drug-likeness (QED) is 0.733. The molecule has 0 aromatic heterocycles. The summed E-state index contributed by atoms with van der Waals surface area (Å²) in [6.07, 6.45) is 2.36. The van der Waals surface area contributed by atoms with Gasteiger partial charge in [-0.3, -0.25) is 4.79 Å². The zero-order valence-electron chi connectivity index (χ0n) is 8.30. The van der Waals surface area contributed by atoms with Crippen molar-refractivity contribution < 1.29 is 13.6 Å². The van der Waals surface area contributed by atoms with Crippen LogP contribution in [0.1, 0.15) is 24.8 Å². The van der Waals surface area contributed by atoms with Crippen LogP contribution in [0.3, 0.4) is 0 Å². The molecule has 0 heterocycles. The van der Waals surface area contributed by atoms with Gasteiger partial charge in [0.25, 0.3) is 0 Å². The molecule has 0 bridgehead atoms. The van der Waals surface area contributed by atoms with E-state index in [-0.39, 0.29) is 11.7 Å². The third-order valence-corrected chi connectivity index (χ3v) is 2.89. The van der Waals surface area contributed by atoms with Crippen LogP contribution in [0.15, 0.2) is 18.2 Å². The van der Waals surface area contributed by atoms with Gasteiger partial charge in [0.1, 0.15) is 5.78 Å². The molecule has 1 saturated carbocycles. The lowest BCUT2D eigenvalue weighted by atomic mass is 9.97. The highest BCUT2D eigenvalue weighted by Gasteiger charge is 2.23. The van der Waals surface area contributed by atoms with E-state index in [1.807, 2.05) is 0 Å². The summed E-state index contributed by atoms with van der Waals surface area (Å²) in [5.74, 6) is -1.15. The molecule has 1 aromatic rings. The molecule has 1 atom stereocenters. The van der Waals surface area contributed by atoms with Gasteiger partial charge in [-0.15, -0.1) is 0 Å². The van der Waals surface area contributed by atoms with E-state index in [1.54, 1.807) is 6.07 Å². The van der Waals surface area contributed by atoms with Crippen LogP contribution < -0.4 is 0 Å². The highest BCUT2D eigenvalue weighted by atomic mass is 19.2. The SMILES string of the molecule is O=C1CCC(Cc2cccc(F)c2F)C1. The van der Waals surface area contributed by atoms with Crippen molar-refractivity contribution in [2.75, 3.05) is 0 Å². The van der Waals surface area contributed by atoms with Crippen LogP contribution in [-0.2, 0) is 11.2 Å². The monoisotopic (exact) mass is 210 g/mol. The lowest BCUT2D eigenvalue weighted by molar-refractivity contribution is -0.117. The third-order valence-electron chi connectivity index (χ3n) is 2.89. The van der Waals surface area contributed by atoms with Crippen LogP contribution in [0.4, 0.5) is 8.78 Å². The summed E-state index contributed by atoms with van der Waals surface area (Å²) in [6, 6.07) is 4.20. The molecule has 80 valence electrons. The van der Waals surface area contributed by atoms with Gasteiger partial charge in [0.05, 0.1) is 0 Å². The number of rotatable bonds is 2. The maximum absolute atomic E-state index is 13.3. The molecule has 1 fully saturated rings. The van der Waals surface area contributed by atoms with Gasteiger partial charge in [-0.25, -0.2) is 8.78 Å². The number of carbonyl (C=O) groups is 1. The highest BCUT2D eigenvalue weighted by molar-refractivity contribution is 5.80. The van der Waals surface area contributed by atoms with Crippen molar-refractivity contribution in [1.29, 1.82) is 0 Å². The van der Waals surface area contributed by atoms with Crippen molar-refractivity contribution in [1.82, 2.24) is 0 Å². The van der Waals surface area contributed by atoms with Crippen LogP contribution in [0, 0.1) is 17.6 Å². The molecule has 3 heteroatoms. The Morgan fingerprint density at radius 2 is 2.13 bits per heavy atom. The molecule has 0 spiro atoms. The normalized spacial score (nSPS) is 20.9. The molecule has 1 nitrogen and oxygen atoms in total. The highest BCUT2D eigenvalue weighted by Crippen LogP contribution is 2.27. The Kier molecular flexibility index (Phi) is 2.80. The van der Waals surface area contributed by atoms with Gasteiger partial charge in [-0.2, -0.15) is 0 Å². The lowest BCUT2D eigenvalue weighted by Gasteiger charge is -2.08. The van der Waals surface area contributed by atoms with E-state index in [1.165, 1.54) is 6.07 Å². The zero-order valence-corrected chi connectivity index (χ0v) is 8.30. The number of halogens is 2. The first-order chi connectivity index (χ1) is 7.16. The van der Waals surface area contributed by atoms with E-state index in [0.29, 0.717) is 24.8 Å². The van der Waals surface area contributed by atoms with E-state index in [9.17, 15) is 13.6 Å². The van der Waals surface area contributed by atoms with E-state index in [2.05, 4.69) is 0 Å². The first-order valence-corrected chi connectivity index (χ1v) is 5.11. The minimum Gasteiger partial charge on any atom is -0.300 e. The van der Waals surface area contributed by atoms with Crippen LogP contribution in [0.2, 0.25) is 0 Å². The Labute approximate surface area is 87.1 Å². The topological polar surface area (TPSA) is 17.1 Å². The predicted octanol–water partition coefficient (Wildman–Crippen LogP) is 2.88. The Hall–Kier alpha value is -1.25. The average Bonchev–Trinajstić information content (AvgIpc) is 2.59. The van der Waals surface area contributed by atoms with Crippen molar-refractivity contribution in [3.63, 3.8) is 0 Å². The van der Waals surface area contributed by atoms with Crippen LogP contribution in [0.25, 0.3) is 0 Å². The molecule has 1 aliphatic carbocycles. The fraction of sp³-hybridized carbons (Fsp3) is 0.417. The molecule has 0 aliphatic heterocycles. The van der Waals surface area contributed by atoms with Crippen molar-refractivity contribution in [2.45, 2.75) is 25.7 Å². The summed E-state index contributed by atoms with van der Waals surface area (Å²) in [6.45, 7) is 0. The van der Waals surface area contributed by atoms with Gasteiger partial charge < -0.3 is 0 Å². The number of ketones is 1. The van der Waals surface area contributed by atoms with Gasteiger partial charge in [-0.05, 0) is 30.4 Å². The summed E-state index contributed by atoms with van der Waals surface area (Å²) in [5.41, 5.74) is 0.384. The molecule has 0 N–H and O–H groups in total. The summed E-state index contributed by atoms with van der Waals surface area (Å²) >= 11 is 0. The smallest absolute Gasteiger partial charge is 0.162 e. The third kappa shape index (κ3) is 2.22. The van der Waals surface area contributed by atoms with Crippen molar-refractivity contribution in [3.05, 3.63) is 35.4 Å². The molecule has 2 rings (SSSR count). The van der Waals surface area contributed by atoms with E-state index in [4.69, 9.17) is 0 Å². The zero-order chi connectivity index (χ0) is 10.8. The fourth-order valence-corrected chi connectivity index (χ4v) is 2.08. The standard InChI is InChI=1S/C12H12F2O/c13-11-3-1-2-9(12(11)14)6-8-4-5-10(15)7-8/h1-3,8H,4-7H2. The van der Waals surface area contributed by atoms with Crippen LogP contribution in [0.5, 0.6) is 0 Å². The maximum Gasteiger partial charge on any atom is 0.162 e. The van der Waals surface area contributed by atoms with Crippen molar-refractivity contribution in [3.8, 4) is 0 Å². The second-order valence-electron chi connectivity index (χ2n) is 4.06. The van der Waals surface area contributed by atoms with E-state index >= 15 is 0 Å². The first-order valence-electron chi connectivity index (χ1n) is 5.11. The van der Waals surface area contributed by atoms with Crippen molar-refractivity contribution >= 4 is 5.78 Å². The van der Waals surface area contributed by atoms with Gasteiger partial charge in [0, 0.05) is 12.8 Å². The first kappa shape index (κ1) is 10.3. The van der Waals surface area contributed by atoms with Gasteiger partial charge in [0.15, 0.2) is 11.6 Å². The Balaban J connectivity index is 2.11. The Bertz CT molecular complexity index is 387. The number of hydrogen-bond donors (Lipinski definition) is 0. The molecule has 0 amide bonds. The number of Topliss-reactive ketones (excluding diaryl/α,β-unsaturated/α-hetero) is 1. The lowest BCUT2D eigenvalue weighted by Crippen LogP contribution is -2.03. The Morgan fingerprint density at radius 1 is 1.33 bits per heavy atom. The number of carbonyl (C=O) groups excluding carboxylic acids is 1. The average molecular weight is 210 g/mol. The molecular formula is C12H12F2O. The maximum atomic E-state index is 13.3. The summed E-state index contributed by atoms with van der Waals surface area (Å²) in [7, 11) is 0. The summed E-state index contributed by atoms with van der Waals surface area (Å²) in [5, 5.41) is 0. The Morgan fingerprint density at radius 3 is 2.80 bits per heavy atom. The van der Waals surface area contributed by atoms with Gasteiger partial charge in [0.2, 0.25) is 0 Å². The molecule has 1 aliphatic rings.